The van der Waals surface area contributed by atoms with E-state index in [0.29, 0.717) is 11.4 Å². The van der Waals surface area contributed by atoms with E-state index >= 15 is 0 Å². The first-order valence-corrected chi connectivity index (χ1v) is 8.25. The second-order valence-electron chi connectivity index (χ2n) is 6.32. The maximum absolute atomic E-state index is 13.1. The zero-order valence-corrected chi connectivity index (χ0v) is 14.2. The molecule has 0 radical (unpaired) electrons. The highest BCUT2D eigenvalue weighted by molar-refractivity contribution is 5.95. The van der Waals surface area contributed by atoms with Crippen LogP contribution in [0.4, 0.5) is 10.1 Å². The first-order chi connectivity index (χ1) is 11.1. The van der Waals surface area contributed by atoms with Gasteiger partial charge in [0.15, 0.2) is 0 Å². The fourth-order valence-electron chi connectivity index (χ4n) is 3.13. The Kier molecular flexibility index (Phi) is 6.83. The molecule has 1 saturated heterocycles. The molecule has 0 spiro atoms. The van der Waals surface area contributed by atoms with Crippen molar-refractivity contribution in [3.8, 4) is 5.75 Å². The molecule has 5 nitrogen and oxygen atoms in total. The van der Waals surface area contributed by atoms with Gasteiger partial charge in [-0.15, -0.1) is 12.4 Å². The fourth-order valence-corrected chi connectivity index (χ4v) is 3.13. The van der Waals surface area contributed by atoms with Crippen LogP contribution in [0.2, 0.25) is 0 Å². The zero-order chi connectivity index (χ0) is 16.2. The molecule has 7 heteroatoms. The van der Waals surface area contributed by atoms with Crippen molar-refractivity contribution < 1.29 is 19.0 Å². The van der Waals surface area contributed by atoms with Gasteiger partial charge in [-0.1, -0.05) is 6.42 Å². The molecule has 134 valence electrons. The lowest BCUT2D eigenvalue weighted by Gasteiger charge is -2.28. The smallest absolute Gasteiger partial charge is 0.241 e. The van der Waals surface area contributed by atoms with Crippen LogP contribution < -0.4 is 15.4 Å². The van der Waals surface area contributed by atoms with Crippen molar-refractivity contribution in [3.63, 3.8) is 0 Å². The van der Waals surface area contributed by atoms with Crippen molar-refractivity contribution >= 4 is 24.0 Å². The molecular weight excluding hydrogens is 335 g/mol. The van der Waals surface area contributed by atoms with Gasteiger partial charge in [0, 0.05) is 18.7 Å². The average molecular weight is 359 g/mol. The van der Waals surface area contributed by atoms with E-state index in [1.807, 2.05) is 0 Å². The quantitative estimate of drug-likeness (QED) is 0.773. The zero-order valence-electron chi connectivity index (χ0n) is 13.4. The SMILES string of the molecule is Cl.O=C(Nc1ccc(OC2CCCCC2O)cc1)[C@H]1C[C@H](F)CN1. The maximum atomic E-state index is 13.1. The van der Waals surface area contributed by atoms with Crippen LogP contribution in [0.25, 0.3) is 0 Å². The van der Waals surface area contributed by atoms with Crippen LogP contribution in [0.3, 0.4) is 0 Å². The third-order valence-electron chi connectivity index (χ3n) is 4.47. The lowest BCUT2D eigenvalue weighted by atomic mass is 9.95. The summed E-state index contributed by atoms with van der Waals surface area (Å²) in [5.74, 6) is 0.457. The highest BCUT2D eigenvalue weighted by Crippen LogP contribution is 2.25. The molecule has 2 unspecified atom stereocenters. The monoisotopic (exact) mass is 358 g/mol. The molecule has 1 aliphatic heterocycles. The highest BCUT2D eigenvalue weighted by atomic mass is 35.5. The third-order valence-corrected chi connectivity index (χ3v) is 4.47. The van der Waals surface area contributed by atoms with E-state index in [9.17, 15) is 14.3 Å². The van der Waals surface area contributed by atoms with Gasteiger partial charge in [-0.05, 0) is 43.5 Å². The predicted molar refractivity (Wildman–Crippen MR) is 92.5 cm³/mol. The van der Waals surface area contributed by atoms with E-state index in [1.54, 1.807) is 24.3 Å². The van der Waals surface area contributed by atoms with Gasteiger partial charge in [0.1, 0.15) is 18.0 Å². The molecule has 4 atom stereocenters. The van der Waals surface area contributed by atoms with Crippen molar-refractivity contribution in [2.45, 2.75) is 56.5 Å². The summed E-state index contributed by atoms with van der Waals surface area (Å²) in [6.45, 7) is 0.231. The average Bonchev–Trinajstić information content (AvgIpc) is 2.98. The number of hydrogen-bond donors (Lipinski definition) is 3. The third kappa shape index (κ3) is 4.82. The second-order valence-corrected chi connectivity index (χ2v) is 6.32. The number of carbonyl (C=O) groups excluding carboxylic acids is 1. The number of rotatable bonds is 4. The first kappa shape index (κ1) is 19.0. The summed E-state index contributed by atoms with van der Waals surface area (Å²) in [5, 5.41) is 15.6. The molecule has 1 amide bonds. The summed E-state index contributed by atoms with van der Waals surface area (Å²) in [6.07, 6.45) is 2.44. The number of carbonyl (C=O) groups is 1. The minimum atomic E-state index is -0.955. The summed E-state index contributed by atoms with van der Waals surface area (Å²) in [7, 11) is 0. The Labute approximate surface area is 147 Å². The Bertz CT molecular complexity index is 543. The van der Waals surface area contributed by atoms with E-state index in [2.05, 4.69) is 10.6 Å². The highest BCUT2D eigenvalue weighted by Gasteiger charge is 2.29. The van der Waals surface area contributed by atoms with Gasteiger partial charge in [0.2, 0.25) is 5.91 Å². The minimum absolute atomic E-state index is 0. The van der Waals surface area contributed by atoms with Gasteiger partial charge < -0.3 is 20.5 Å². The number of halogens is 2. The number of alkyl halides is 1. The normalized spacial score (nSPS) is 29.6. The predicted octanol–water partition coefficient (Wildman–Crippen LogP) is 2.43. The van der Waals surface area contributed by atoms with Gasteiger partial charge in [0.05, 0.1) is 12.1 Å². The van der Waals surface area contributed by atoms with E-state index in [4.69, 9.17) is 4.74 Å². The molecule has 0 aromatic heterocycles. The van der Waals surface area contributed by atoms with Crippen LogP contribution in [-0.4, -0.2) is 42.0 Å². The molecule has 1 aromatic carbocycles. The van der Waals surface area contributed by atoms with Crippen molar-refractivity contribution in [2.24, 2.45) is 0 Å². The van der Waals surface area contributed by atoms with E-state index < -0.39 is 18.3 Å². The molecule has 2 aliphatic rings. The van der Waals surface area contributed by atoms with Gasteiger partial charge in [0.25, 0.3) is 0 Å². The summed E-state index contributed by atoms with van der Waals surface area (Å²) in [5.41, 5.74) is 0.649. The minimum Gasteiger partial charge on any atom is -0.488 e. The number of aliphatic hydroxyl groups is 1. The maximum Gasteiger partial charge on any atom is 0.241 e. The van der Waals surface area contributed by atoms with Crippen molar-refractivity contribution in [1.82, 2.24) is 5.32 Å². The lowest BCUT2D eigenvalue weighted by Crippen LogP contribution is -2.35. The van der Waals surface area contributed by atoms with Gasteiger partial charge in [-0.3, -0.25) is 4.79 Å². The molecule has 1 aromatic rings. The van der Waals surface area contributed by atoms with Crippen molar-refractivity contribution in [2.75, 3.05) is 11.9 Å². The summed E-state index contributed by atoms with van der Waals surface area (Å²) < 4.78 is 18.9. The van der Waals surface area contributed by atoms with Crippen LogP contribution in [0.5, 0.6) is 5.75 Å². The summed E-state index contributed by atoms with van der Waals surface area (Å²) >= 11 is 0. The molecule has 0 bridgehead atoms. The van der Waals surface area contributed by atoms with Crippen LogP contribution in [-0.2, 0) is 4.79 Å². The van der Waals surface area contributed by atoms with Crippen LogP contribution in [0, 0.1) is 0 Å². The van der Waals surface area contributed by atoms with Crippen molar-refractivity contribution in [1.29, 1.82) is 0 Å². The number of aliphatic hydroxyl groups excluding tert-OH is 1. The molecule has 1 heterocycles. The number of nitrogens with one attached hydrogen (secondary N) is 2. The topological polar surface area (TPSA) is 70.6 Å². The van der Waals surface area contributed by atoms with Crippen molar-refractivity contribution in [3.05, 3.63) is 24.3 Å². The van der Waals surface area contributed by atoms with Gasteiger partial charge >= 0.3 is 0 Å². The van der Waals surface area contributed by atoms with E-state index in [0.717, 1.165) is 25.7 Å². The fraction of sp³-hybridized carbons (Fsp3) is 0.588. The van der Waals surface area contributed by atoms with E-state index in [1.165, 1.54) is 0 Å². The Morgan fingerprint density at radius 3 is 2.58 bits per heavy atom. The van der Waals surface area contributed by atoms with Crippen LogP contribution >= 0.6 is 12.4 Å². The number of ether oxygens (including phenoxy) is 1. The first-order valence-electron chi connectivity index (χ1n) is 8.25. The summed E-state index contributed by atoms with van der Waals surface area (Å²) in [6, 6.07) is 6.58. The summed E-state index contributed by atoms with van der Waals surface area (Å²) in [4.78, 5) is 12.0. The standard InChI is InChI=1S/C17H23FN2O3.ClH/c18-11-9-14(19-10-11)17(22)20-12-5-7-13(8-6-12)23-16-4-2-1-3-15(16)21;/h5-8,11,14-16,19,21H,1-4,9-10H2,(H,20,22);1H/t11-,14+,15?,16?;/m0./s1. The lowest BCUT2D eigenvalue weighted by molar-refractivity contribution is -0.117. The van der Waals surface area contributed by atoms with Crippen LogP contribution in [0.15, 0.2) is 24.3 Å². The Hall–Kier alpha value is -1.37. The molecule has 24 heavy (non-hydrogen) atoms. The van der Waals surface area contributed by atoms with E-state index in [-0.39, 0.29) is 37.4 Å². The molecular formula is C17H24ClFN2O3. The number of benzene rings is 1. The van der Waals surface area contributed by atoms with Gasteiger partial charge in [-0.2, -0.15) is 0 Å². The second kappa shape index (κ2) is 8.65. The largest absolute Gasteiger partial charge is 0.488 e. The molecule has 1 aliphatic carbocycles. The molecule has 3 N–H and O–H groups in total. The molecule has 3 rings (SSSR count). The number of hydrogen-bond acceptors (Lipinski definition) is 4. The Balaban J connectivity index is 0.00000208. The molecule has 2 fully saturated rings. The molecule has 1 saturated carbocycles. The number of amides is 1. The number of anilines is 1. The Morgan fingerprint density at radius 1 is 1.25 bits per heavy atom. The van der Waals surface area contributed by atoms with Gasteiger partial charge in [-0.25, -0.2) is 4.39 Å². The Morgan fingerprint density at radius 2 is 1.96 bits per heavy atom. The van der Waals surface area contributed by atoms with Crippen LogP contribution in [0.1, 0.15) is 32.1 Å².